The van der Waals surface area contributed by atoms with Crippen LogP contribution in [0.1, 0.15) is 66.4 Å². The summed E-state index contributed by atoms with van der Waals surface area (Å²) < 4.78 is 0. The van der Waals surface area contributed by atoms with Crippen molar-refractivity contribution in [2.45, 2.75) is 50.6 Å². The molecule has 0 bridgehead atoms. The molecule has 0 N–H and O–H groups in total. The Bertz CT molecular complexity index is 967. The van der Waals surface area contributed by atoms with Crippen molar-refractivity contribution < 1.29 is 9.59 Å². The number of rotatable bonds is 4. The first-order chi connectivity index (χ1) is 14.6. The first-order valence-electron chi connectivity index (χ1n) is 11.1. The molecule has 2 heterocycles. The van der Waals surface area contributed by atoms with Crippen molar-refractivity contribution in [2.24, 2.45) is 5.92 Å². The number of halogens is 1. The van der Waals surface area contributed by atoms with Gasteiger partial charge in [0.1, 0.15) is 0 Å². The van der Waals surface area contributed by atoms with Crippen LogP contribution in [0, 0.1) is 5.92 Å². The number of carbonyl (C=O) groups excluding carboxylic acids is 2. The molecule has 2 aromatic carbocycles. The highest BCUT2D eigenvalue weighted by Crippen LogP contribution is 2.50. The molecule has 156 valence electrons. The Morgan fingerprint density at radius 2 is 1.73 bits per heavy atom. The average molecular weight is 423 g/mol. The highest BCUT2D eigenvalue weighted by atomic mass is 35.5. The van der Waals surface area contributed by atoms with Gasteiger partial charge in [0.15, 0.2) is 5.66 Å². The molecule has 5 rings (SSSR count). The molecule has 2 aromatic rings. The minimum Gasteiger partial charge on any atom is -0.310 e. The molecule has 3 aliphatic rings. The summed E-state index contributed by atoms with van der Waals surface area (Å²) in [6.07, 6.45) is 7.86. The van der Waals surface area contributed by atoms with Crippen LogP contribution >= 0.6 is 11.6 Å². The molecule has 2 aliphatic heterocycles. The second-order valence-electron chi connectivity index (χ2n) is 8.77. The van der Waals surface area contributed by atoms with Crippen LogP contribution in [0.25, 0.3) is 0 Å². The number of benzene rings is 2. The molecule has 30 heavy (non-hydrogen) atoms. The quantitative estimate of drug-likeness (QED) is 0.679. The van der Waals surface area contributed by atoms with E-state index in [-0.39, 0.29) is 11.8 Å². The van der Waals surface area contributed by atoms with E-state index in [4.69, 9.17) is 11.6 Å². The third kappa shape index (κ3) is 2.96. The van der Waals surface area contributed by atoms with Crippen LogP contribution in [0.3, 0.4) is 0 Å². The monoisotopic (exact) mass is 422 g/mol. The van der Waals surface area contributed by atoms with E-state index >= 15 is 0 Å². The van der Waals surface area contributed by atoms with Crippen molar-refractivity contribution in [1.29, 1.82) is 0 Å². The Morgan fingerprint density at radius 1 is 1.00 bits per heavy atom. The largest absolute Gasteiger partial charge is 0.310 e. The minimum absolute atomic E-state index is 0.00290. The molecule has 0 aromatic heterocycles. The zero-order valence-corrected chi connectivity index (χ0v) is 17.9. The SMILES string of the molecule is O=C(CCC1CCCCC1)N1CCN2C(=O)c3ccccc3C12c1ccc(Cl)cc1. The Kier molecular flexibility index (Phi) is 5.06. The molecular weight excluding hydrogens is 396 g/mol. The van der Waals surface area contributed by atoms with Gasteiger partial charge in [-0.25, -0.2) is 0 Å². The van der Waals surface area contributed by atoms with Gasteiger partial charge >= 0.3 is 0 Å². The average Bonchev–Trinajstić information content (AvgIpc) is 3.29. The van der Waals surface area contributed by atoms with Crippen molar-refractivity contribution in [3.05, 3.63) is 70.2 Å². The van der Waals surface area contributed by atoms with Gasteiger partial charge in [-0.3, -0.25) is 9.59 Å². The second kappa shape index (κ2) is 7.73. The summed E-state index contributed by atoms with van der Waals surface area (Å²) in [4.78, 5) is 30.6. The van der Waals surface area contributed by atoms with Crippen molar-refractivity contribution in [2.75, 3.05) is 13.1 Å². The smallest absolute Gasteiger partial charge is 0.256 e. The molecule has 1 saturated carbocycles. The van der Waals surface area contributed by atoms with Gasteiger partial charge in [0, 0.05) is 41.2 Å². The summed E-state index contributed by atoms with van der Waals surface area (Å²) in [5.41, 5.74) is 1.66. The van der Waals surface area contributed by atoms with Crippen LogP contribution in [0.2, 0.25) is 5.02 Å². The molecular formula is C25H27ClN2O2. The van der Waals surface area contributed by atoms with Crippen LogP contribution < -0.4 is 0 Å². The number of hydrogen-bond donors (Lipinski definition) is 0. The fourth-order valence-corrected chi connectivity index (χ4v) is 5.85. The molecule has 0 radical (unpaired) electrons. The van der Waals surface area contributed by atoms with Crippen molar-refractivity contribution in [1.82, 2.24) is 9.80 Å². The van der Waals surface area contributed by atoms with Crippen molar-refractivity contribution in [3.63, 3.8) is 0 Å². The molecule has 5 heteroatoms. The molecule has 2 amide bonds. The summed E-state index contributed by atoms with van der Waals surface area (Å²) in [7, 11) is 0. The highest BCUT2D eigenvalue weighted by Gasteiger charge is 2.59. The maximum atomic E-state index is 13.6. The zero-order valence-electron chi connectivity index (χ0n) is 17.1. The Morgan fingerprint density at radius 3 is 2.50 bits per heavy atom. The molecule has 2 fully saturated rings. The molecule has 1 unspecified atom stereocenters. The molecule has 1 saturated heterocycles. The molecule has 0 spiro atoms. The van der Waals surface area contributed by atoms with E-state index < -0.39 is 5.66 Å². The van der Waals surface area contributed by atoms with E-state index in [1.54, 1.807) is 0 Å². The van der Waals surface area contributed by atoms with Crippen LogP contribution in [0.15, 0.2) is 48.5 Å². The summed E-state index contributed by atoms with van der Waals surface area (Å²) >= 11 is 6.16. The van der Waals surface area contributed by atoms with Crippen LogP contribution in [0.4, 0.5) is 0 Å². The number of fused-ring (bicyclic) bond motifs is 3. The number of hydrogen-bond acceptors (Lipinski definition) is 2. The van der Waals surface area contributed by atoms with Gasteiger partial charge in [0.05, 0.1) is 0 Å². The van der Waals surface area contributed by atoms with Gasteiger partial charge in [0.2, 0.25) is 5.91 Å². The molecule has 1 atom stereocenters. The van der Waals surface area contributed by atoms with E-state index in [1.807, 2.05) is 58.3 Å². The summed E-state index contributed by atoms with van der Waals surface area (Å²) in [5.74, 6) is 0.802. The van der Waals surface area contributed by atoms with Crippen molar-refractivity contribution in [3.8, 4) is 0 Å². The van der Waals surface area contributed by atoms with E-state index in [2.05, 4.69) is 0 Å². The van der Waals surface area contributed by atoms with Crippen LogP contribution in [0.5, 0.6) is 0 Å². The predicted molar refractivity (Wildman–Crippen MR) is 117 cm³/mol. The standard InChI is InChI=1S/C25H27ClN2O2/c26-20-13-11-19(12-14-20)25-22-9-5-4-8-21(22)24(30)28(25)17-16-27(25)23(29)15-10-18-6-2-1-3-7-18/h4-5,8-9,11-14,18H,1-3,6-7,10,15-17H2. The third-order valence-corrected chi connectivity index (χ3v) is 7.40. The Labute approximate surface area is 182 Å². The van der Waals surface area contributed by atoms with Gasteiger partial charge in [-0.1, -0.05) is 74.0 Å². The van der Waals surface area contributed by atoms with E-state index in [0.29, 0.717) is 36.0 Å². The summed E-state index contributed by atoms with van der Waals surface area (Å²) in [6.45, 7) is 1.11. The van der Waals surface area contributed by atoms with E-state index in [0.717, 1.165) is 17.5 Å². The van der Waals surface area contributed by atoms with Gasteiger partial charge in [-0.05, 0) is 30.5 Å². The Balaban J connectivity index is 1.53. The lowest BCUT2D eigenvalue weighted by Crippen LogP contribution is -2.51. The highest BCUT2D eigenvalue weighted by molar-refractivity contribution is 6.30. The second-order valence-corrected chi connectivity index (χ2v) is 9.21. The van der Waals surface area contributed by atoms with Gasteiger partial charge < -0.3 is 9.80 Å². The van der Waals surface area contributed by atoms with Crippen molar-refractivity contribution >= 4 is 23.4 Å². The topological polar surface area (TPSA) is 40.6 Å². The molecule has 4 nitrogen and oxygen atoms in total. The lowest BCUT2D eigenvalue weighted by atomic mass is 9.85. The number of nitrogens with zero attached hydrogens (tertiary/aromatic N) is 2. The maximum absolute atomic E-state index is 13.6. The lowest BCUT2D eigenvalue weighted by molar-refractivity contribution is -0.136. The van der Waals surface area contributed by atoms with E-state index in [9.17, 15) is 9.59 Å². The number of carbonyl (C=O) groups is 2. The number of amides is 2. The fraction of sp³-hybridized carbons (Fsp3) is 0.440. The van der Waals surface area contributed by atoms with Gasteiger partial charge in [-0.2, -0.15) is 0 Å². The summed E-state index contributed by atoms with van der Waals surface area (Å²) in [5, 5.41) is 0.646. The van der Waals surface area contributed by atoms with Gasteiger partial charge in [0.25, 0.3) is 5.91 Å². The minimum atomic E-state index is -0.859. The van der Waals surface area contributed by atoms with Crippen LogP contribution in [-0.2, 0) is 10.5 Å². The van der Waals surface area contributed by atoms with Crippen LogP contribution in [-0.4, -0.2) is 34.7 Å². The first-order valence-corrected chi connectivity index (χ1v) is 11.5. The van der Waals surface area contributed by atoms with E-state index in [1.165, 1.54) is 32.1 Å². The predicted octanol–water partition coefficient (Wildman–Crippen LogP) is 5.20. The Hall–Kier alpha value is -2.33. The zero-order chi connectivity index (χ0) is 20.7. The third-order valence-electron chi connectivity index (χ3n) is 7.15. The normalized spacial score (nSPS) is 23.6. The molecule has 1 aliphatic carbocycles. The lowest BCUT2D eigenvalue weighted by Gasteiger charge is -2.40. The van der Waals surface area contributed by atoms with Gasteiger partial charge in [-0.15, -0.1) is 0 Å². The maximum Gasteiger partial charge on any atom is 0.256 e. The summed E-state index contributed by atoms with van der Waals surface area (Å²) in [6, 6.07) is 15.3. The fourth-order valence-electron chi connectivity index (χ4n) is 5.72. The first kappa shape index (κ1) is 19.6.